The van der Waals surface area contributed by atoms with Crippen LogP contribution in [0.2, 0.25) is 0 Å². The summed E-state index contributed by atoms with van der Waals surface area (Å²) < 4.78 is 5.22. The Balaban J connectivity index is 1.77. The minimum Gasteiger partial charge on any atom is -0.497 e. The molecule has 1 heterocycles. The molecule has 2 unspecified atom stereocenters. The molecule has 0 fully saturated rings. The molecule has 1 amide bonds. The first-order valence-corrected chi connectivity index (χ1v) is 9.71. The SMILES string of the molecule is COc1ccc(C(=O)N2c3ccc(C)cc3C(c3ccccc3)CC2C)cc1. The van der Waals surface area contributed by atoms with Gasteiger partial charge in [-0.2, -0.15) is 0 Å². The molecule has 0 aromatic heterocycles. The summed E-state index contributed by atoms with van der Waals surface area (Å²) in [6, 6.07) is 24.5. The molecule has 0 aliphatic carbocycles. The zero-order valence-corrected chi connectivity index (χ0v) is 16.6. The number of hydrogen-bond donors (Lipinski definition) is 0. The molecule has 0 saturated heterocycles. The number of aryl methyl sites for hydroxylation is 1. The normalized spacial score (nSPS) is 18.5. The van der Waals surface area contributed by atoms with Crippen molar-refractivity contribution in [2.45, 2.75) is 32.2 Å². The summed E-state index contributed by atoms with van der Waals surface area (Å²) in [6.45, 7) is 4.25. The first-order valence-electron chi connectivity index (χ1n) is 9.71. The van der Waals surface area contributed by atoms with Crippen molar-refractivity contribution in [1.82, 2.24) is 0 Å². The molecule has 28 heavy (non-hydrogen) atoms. The van der Waals surface area contributed by atoms with Crippen LogP contribution in [-0.4, -0.2) is 19.1 Å². The summed E-state index contributed by atoms with van der Waals surface area (Å²) in [5.74, 6) is 1.08. The average Bonchev–Trinajstić information content (AvgIpc) is 2.73. The summed E-state index contributed by atoms with van der Waals surface area (Å²) >= 11 is 0. The van der Waals surface area contributed by atoms with Gasteiger partial charge in [0.2, 0.25) is 0 Å². The summed E-state index contributed by atoms with van der Waals surface area (Å²) in [4.78, 5) is 15.3. The molecule has 0 N–H and O–H groups in total. The summed E-state index contributed by atoms with van der Waals surface area (Å²) in [6.07, 6.45) is 0.905. The van der Waals surface area contributed by atoms with Crippen LogP contribution in [0.5, 0.6) is 5.75 Å². The van der Waals surface area contributed by atoms with Crippen LogP contribution in [0.1, 0.15) is 46.3 Å². The van der Waals surface area contributed by atoms with Crippen LogP contribution in [0.3, 0.4) is 0 Å². The molecule has 0 radical (unpaired) electrons. The second-order valence-corrected chi connectivity index (χ2v) is 7.51. The predicted octanol–water partition coefficient (Wildman–Crippen LogP) is 5.57. The number of benzene rings is 3. The van der Waals surface area contributed by atoms with Gasteiger partial charge in [-0.05, 0) is 61.7 Å². The molecule has 2 atom stereocenters. The molecule has 0 bridgehead atoms. The highest BCUT2D eigenvalue weighted by atomic mass is 16.5. The predicted molar refractivity (Wildman–Crippen MR) is 113 cm³/mol. The van der Waals surface area contributed by atoms with E-state index < -0.39 is 0 Å². The fourth-order valence-electron chi connectivity index (χ4n) is 4.17. The highest BCUT2D eigenvalue weighted by Gasteiger charge is 2.34. The lowest BCUT2D eigenvalue weighted by Gasteiger charge is -2.40. The minimum atomic E-state index is 0.0340. The molecule has 3 aromatic carbocycles. The van der Waals surface area contributed by atoms with Gasteiger partial charge in [0, 0.05) is 23.2 Å². The maximum Gasteiger partial charge on any atom is 0.258 e. The zero-order valence-electron chi connectivity index (χ0n) is 16.6. The third-order valence-electron chi connectivity index (χ3n) is 5.59. The second kappa shape index (κ2) is 7.51. The molecule has 1 aliphatic heterocycles. The Bertz CT molecular complexity index is 979. The molecule has 4 rings (SSSR count). The fourth-order valence-corrected chi connectivity index (χ4v) is 4.17. The van der Waals surface area contributed by atoms with E-state index in [1.807, 2.05) is 35.2 Å². The fraction of sp³-hybridized carbons (Fsp3) is 0.240. The lowest BCUT2D eigenvalue weighted by atomic mass is 9.80. The number of carbonyl (C=O) groups is 1. The van der Waals surface area contributed by atoms with Crippen molar-refractivity contribution in [2.75, 3.05) is 12.0 Å². The number of ether oxygens (including phenoxy) is 1. The maximum absolute atomic E-state index is 13.4. The first-order chi connectivity index (χ1) is 13.6. The lowest BCUT2D eigenvalue weighted by molar-refractivity contribution is 0.0974. The molecule has 0 saturated carbocycles. The number of anilines is 1. The van der Waals surface area contributed by atoms with E-state index in [4.69, 9.17) is 4.74 Å². The quantitative estimate of drug-likeness (QED) is 0.602. The molecule has 0 spiro atoms. The van der Waals surface area contributed by atoms with Gasteiger partial charge in [0.25, 0.3) is 5.91 Å². The Hall–Kier alpha value is -3.07. The summed E-state index contributed by atoms with van der Waals surface area (Å²) in [5.41, 5.74) is 5.44. The van der Waals surface area contributed by atoms with Crippen LogP contribution in [0.25, 0.3) is 0 Å². The third-order valence-corrected chi connectivity index (χ3v) is 5.59. The number of carbonyl (C=O) groups excluding carboxylic acids is 1. The molecule has 3 aromatic rings. The lowest BCUT2D eigenvalue weighted by Crippen LogP contribution is -2.43. The Morgan fingerprint density at radius 1 is 1.00 bits per heavy atom. The Morgan fingerprint density at radius 3 is 2.39 bits per heavy atom. The highest BCUT2D eigenvalue weighted by Crippen LogP contribution is 2.43. The smallest absolute Gasteiger partial charge is 0.258 e. The topological polar surface area (TPSA) is 29.5 Å². The van der Waals surface area contributed by atoms with Crippen molar-refractivity contribution in [2.24, 2.45) is 0 Å². The minimum absolute atomic E-state index is 0.0340. The summed E-state index contributed by atoms with van der Waals surface area (Å²) in [5, 5.41) is 0. The van der Waals surface area contributed by atoms with Gasteiger partial charge in [-0.25, -0.2) is 0 Å². The largest absolute Gasteiger partial charge is 0.497 e. The van der Waals surface area contributed by atoms with Crippen molar-refractivity contribution in [3.63, 3.8) is 0 Å². The van der Waals surface area contributed by atoms with E-state index in [1.54, 1.807) is 7.11 Å². The summed E-state index contributed by atoms with van der Waals surface area (Å²) in [7, 11) is 1.63. The van der Waals surface area contributed by atoms with E-state index in [0.717, 1.165) is 17.9 Å². The number of hydrogen-bond acceptors (Lipinski definition) is 2. The van der Waals surface area contributed by atoms with E-state index in [1.165, 1.54) is 16.7 Å². The van der Waals surface area contributed by atoms with Crippen molar-refractivity contribution >= 4 is 11.6 Å². The van der Waals surface area contributed by atoms with Gasteiger partial charge in [-0.1, -0.05) is 48.0 Å². The third kappa shape index (κ3) is 3.29. The number of nitrogens with zero attached hydrogens (tertiary/aromatic N) is 1. The van der Waals surface area contributed by atoms with Gasteiger partial charge >= 0.3 is 0 Å². The van der Waals surface area contributed by atoms with Crippen molar-refractivity contribution in [3.8, 4) is 5.75 Å². The van der Waals surface area contributed by atoms with Crippen molar-refractivity contribution < 1.29 is 9.53 Å². The molecular weight excluding hydrogens is 346 g/mol. The second-order valence-electron chi connectivity index (χ2n) is 7.51. The number of methoxy groups -OCH3 is 1. The Labute approximate surface area is 166 Å². The number of amides is 1. The highest BCUT2D eigenvalue weighted by molar-refractivity contribution is 6.07. The van der Waals surface area contributed by atoms with E-state index in [0.29, 0.717) is 11.5 Å². The van der Waals surface area contributed by atoms with Gasteiger partial charge < -0.3 is 9.64 Å². The number of fused-ring (bicyclic) bond motifs is 1. The van der Waals surface area contributed by atoms with Gasteiger partial charge in [0.1, 0.15) is 5.75 Å². The molecular formula is C25H25NO2. The van der Waals surface area contributed by atoms with Crippen molar-refractivity contribution in [1.29, 1.82) is 0 Å². The van der Waals surface area contributed by atoms with Gasteiger partial charge in [0.05, 0.1) is 7.11 Å². The number of rotatable bonds is 3. The van der Waals surface area contributed by atoms with Crippen LogP contribution in [-0.2, 0) is 0 Å². The zero-order chi connectivity index (χ0) is 19.7. The van der Waals surface area contributed by atoms with Crippen LogP contribution < -0.4 is 9.64 Å². The molecule has 1 aliphatic rings. The van der Waals surface area contributed by atoms with E-state index in [9.17, 15) is 4.79 Å². The van der Waals surface area contributed by atoms with Crippen LogP contribution >= 0.6 is 0 Å². The van der Waals surface area contributed by atoms with E-state index in [2.05, 4.69) is 56.3 Å². The van der Waals surface area contributed by atoms with Gasteiger partial charge in [-0.3, -0.25) is 4.79 Å². The van der Waals surface area contributed by atoms with Crippen LogP contribution in [0.4, 0.5) is 5.69 Å². The maximum atomic E-state index is 13.4. The monoisotopic (exact) mass is 371 g/mol. The molecule has 3 heteroatoms. The van der Waals surface area contributed by atoms with Crippen LogP contribution in [0, 0.1) is 6.92 Å². The molecule has 3 nitrogen and oxygen atoms in total. The van der Waals surface area contributed by atoms with E-state index in [-0.39, 0.29) is 11.9 Å². The standard InChI is InChI=1S/C25H25NO2/c1-17-9-14-24-23(15-17)22(19-7-5-4-6-8-19)16-18(2)26(24)25(27)20-10-12-21(28-3)13-11-20/h4-15,18,22H,16H2,1-3H3. The Kier molecular flexibility index (Phi) is 4.91. The van der Waals surface area contributed by atoms with E-state index >= 15 is 0 Å². The van der Waals surface area contributed by atoms with Gasteiger partial charge in [0.15, 0.2) is 0 Å². The Morgan fingerprint density at radius 2 is 1.71 bits per heavy atom. The van der Waals surface area contributed by atoms with Crippen LogP contribution in [0.15, 0.2) is 72.8 Å². The average molecular weight is 371 g/mol. The molecule has 142 valence electrons. The van der Waals surface area contributed by atoms with Gasteiger partial charge in [-0.15, -0.1) is 0 Å². The van der Waals surface area contributed by atoms with Crippen molar-refractivity contribution in [3.05, 3.63) is 95.1 Å². The first kappa shape index (κ1) is 18.3.